The molecule has 76 valence electrons. The minimum atomic E-state index is -0.667. The van der Waals surface area contributed by atoms with Gasteiger partial charge in [0.1, 0.15) is 5.82 Å². The molecular formula is C11H8FNO2. The minimum Gasteiger partial charge on any atom is -0.459 e. The third-order valence-corrected chi connectivity index (χ3v) is 2.02. The van der Waals surface area contributed by atoms with Gasteiger partial charge in [-0.05, 0) is 23.8 Å². The monoisotopic (exact) mass is 205 g/mol. The molecule has 1 amide bonds. The lowest BCUT2D eigenvalue weighted by atomic mass is 10.1. The Morgan fingerprint density at radius 1 is 1.33 bits per heavy atom. The van der Waals surface area contributed by atoms with Crippen LogP contribution in [0.3, 0.4) is 0 Å². The van der Waals surface area contributed by atoms with Gasteiger partial charge < -0.3 is 10.2 Å². The highest BCUT2D eigenvalue weighted by molar-refractivity contribution is 5.97. The number of furan rings is 1. The second kappa shape index (κ2) is 3.57. The number of rotatable bonds is 2. The van der Waals surface area contributed by atoms with Crippen LogP contribution in [0.5, 0.6) is 0 Å². The summed E-state index contributed by atoms with van der Waals surface area (Å²) in [5, 5.41) is 0. The molecule has 2 N–H and O–H groups in total. The van der Waals surface area contributed by atoms with Crippen LogP contribution in [-0.2, 0) is 0 Å². The van der Waals surface area contributed by atoms with E-state index in [1.807, 2.05) is 0 Å². The maximum absolute atomic E-state index is 12.9. The van der Waals surface area contributed by atoms with Crippen LogP contribution in [0.25, 0.3) is 11.1 Å². The van der Waals surface area contributed by atoms with Crippen molar-refractivity contribution >= 4 is 5.91 Å². The van der Waals surface area contributed by atoms with E-state index in [9.17, 15) is 9.18 Å². The molecule has 0 aliphatic carbocycles. The summed E-state index contributed by atoms with van der Waals surface area (Å²) in [5.74, 6) is -0.996. The molecule has 15 heavy (non-hydrogen) atoms. The fourth-order valence-electron chi connectivity index (χ4n) is 1.38. The van der Waals surface area contributed by atoms with Crippen LogP contribution in [-0.4, -0.2) is 5.91 Å². The van der Waals surface area contributed by atoms with Crippen molar-refractivity contribution in [3.05, 3.63) is 48.2 Å². The summed E-state index contributed by atoms with van der Waals surface area (Å²) < 4.78 is 17.9. The number of hydrogen-bond acceptors (Lipinski definition) is 2. The number of halogens is 1. The first-order valence-electron chi connectivity index (χ1n) is 4.31. The Morgan fingerprint density at radius 2 is 2.13 bits per heavy atom. The van der Waals surface area contributed by atoms with Gasteiger partial charge in [0.2, 0.25) is 0 Å². The van der Waals surface area contributed by atoms with Crippen molar-refractivity contribution in [3.8, 4) is 11.1 Å². The van der Waals surface area contributed by atoms with Crippen LogP contribution >= 0.6 is 0 Å². The standard InChI is InChI=1S/C11H8FNO2/c12-8-3-1-2-7(6-8)9-4-5-15-10(9)11(13)14/h1-6H,(H2,13,14). The Kier molecular flexibility index (Phi) is 2.25. The SMILES string of the molecule is NC(=O)c1occc1-c1cccc(F)c1. The fourth-order valence-corrected chi connectivity index (χ4v) is 1.38. The molecule has 1 aromatic heterocycles. The predicted molar refractivity (Wildman–Crippen MR) is 52.6 cm³/mol. The molecule has 2 aromatic rings. The van der Waals surface area contributed by atoms with Crippen molar-refractivity contribution in [1.29, 1.82) is 0 Å². The molecule has 2 rings (SSSR count). The lowest BCUT2D eigenvalue weighted by Gasteiger charge is -1.99. The van der Waals surface area contributed by atoms with Crippen molar-refractivity contribution in [2.24, 2.45) is 5.73 Å². The molecule has 4 heteroatoms. The lowest BCUT2D eigenvalue weighted by molar-refractivity contribution is 0.0975. The quantitative estimate of drug-likeness (QED) is 0.816. The van der Waals surface area contributed by atoms with E-state index >= 15 is 0 Å². The van der Waals surface area contributed by atoms with E-state index in [2.05, 4.69) is 0 Å². The van der Waals surface area contributed by atoms with Crippen LogP contribution in [0.4, 0.5) is 4.39 Å². The number of hydrogen-bond donors (Lipinski definition) is 1. The molecule has 0 bridgehead atoms. The zero-order chi connectivity index (χ0) is 10.8. The maximum atomic E-state index is 12.9. The molecule has 0 unspecified atom stereocenters. The molecule has 1 aromatic carbocycles. The second-order valence-electron chi connectivity index (χ2n) is 3.04. The van der Waals surface area contributed by atoms with Crippen LogP contribution < -0.4 is 5.73 Å². The normalized spacial score (nSPS) is 10.2. The zero-order valence-electron chi connectivity index (χ0n) is 7.74. The highest BCUT2D eigenvalue weighted by atomic mass is 19.1. The molecule has 0 saturated heterocycles. The first kappa shape index (κ1) is 9.45. The van der Waals surface area contributed by atoms with Crippen molar-refractivity contribution in [3.63, 3.8) is 0 Å². The van der Waals surface area contributed by atoms with Crippen LogP contribution in [0.1, 0.15) is 10.6 Å². The highest BCUT2D eigenvalue weighted by Crippen LogP contribution is 2.24. The first-order chi connectivity index (χ1) is 7.18. The summed E-state index contributed by atoms with van der Waals surface area (Å²) in [5.41, 5.74) is 6.18. The number of primary amides is 1. The first-order valence-corrected chi connectivity index (χ1v) is 4.31. The predicted octanol–water partition coefficient (Wildman–Crippen LogP) is 2.18. The summed E-state index contributed by atoms with van der Waals surface area (Å²) in [4.78, 5) is 11.0. The summed E-state index contributed by atoms with van der Waals surface area (Å²) >= 11 is 0. The van der Waals surface area contributed by atoms with E-state index in [1.165, 1.54) is 18.4 Å². The van der Waals surface area contributed by atoms with Crippen LogP contribution in [0.15, 0.2) is 41.0 Å². The van der Waals surface area contributed by atoms with Gasteiger partial charge in [0.15, 0.2) is 5.76 Å². The Morgan fingerprint density at radius 3 is 2.80 bits per heavy atom. The largest absolute Gasteiger partial charge is 0.459 e. The number of carbonyl (C=O) groups excluding carboxylic acids is 1. The number of nitrogens with two attached hydrogens (primary N) is 1. The van der Waals surface area contributed by atoms with E-state index in [0.717, 1.165) is 0 Å². The summed E-state index contributed by atoms with van der Waals surface area (Å²) in [6, 6.07) is 7.46. The Labute approximate surface area is 85.3 Å². The summed E-state index contributed by atoms with van der Waals surface area (Å²) in [6.07, 6.45) is 1.35. The topological polar surface area (TPSA) is 56.2 Å². The van der Waals surface area contributed by atoms with Gasteiger partial charge in [0.05, 0.1) is 6.26 Å². The smallest absolute Gasteiger partial charge is 0.285 e. The van der Waals surface area contributed by atoms with Crippen molar-refractivity contribution in [2.45, 2.75) is 0 Å². The van der Waals surface area contributed by atoms with Gasteiger partial charge in [0, 0.05) is 5.56 Å². The molecule has 0 atom stereocenters. The van der Waals surface area contributed by atoms with E-state index in [1.54, 1.807) is 18.2 Å². The highest BCUT2D eigenvalue weighted by Gasteiger charge is 2.13. The van der Waals surface area contributed by atoms with Gasteiger partial charge in [-0.15, -0.1) is 0 Å². The van der Waals surface area contributed by atoms with Crippen molar-refractivity contribution in [1.82, 2.24) is 0 Å². The molecular weight excluding hydrogens is 197 g/mol. The third-order valence-electron chi connectivity index (χ3n) is 2.02. The molecule has 0 aliphatic heterocycles. The van der Waals surface area contributed by atoms with Gasteiger partial charge in [0.25, 0.3) is 5.91 Å². The van der Waals surface area contributed by atoms with Gasteiger partial charge >= 0.3 is 0 Å². The maximum Gasteiger partial charge on any atom is 0.285 e. The number of carbonyl (C=O) groups is 1. The van der Waals surface area contributed by atoms with E-state index in [0.29, 0.717) is 11.1 Å². The van der Waals surface area contributed by atoms with Crippen molar-refractivity contribution in [2.75, 3.05) is 0 Å². The molecule has 0 aliphatic rings. The van der Waals surface area contributed by atoms with Crippen LogP contribution in [0, 0.1) is 5.82 Å². The Bertz CT molecular complexity index is 505. The van der Waals surface area contributed by atoms with E-state index < -0.39 is 5.91 Å². The van der Waals surface area contributed by atoms with Gasteiger partial charge in [-0.25, -0.2) is 4.39 Å². The minimum absolute atomic E-state index is 0.0422. The molecule has 3 nitrogen and oxygen atoms in total. The third kappa shape index (κ3) is 1.74. The van der Waals surface area contributed by atoms with E-state index in [4.69, 9.17) is 10.2 Å². The average Bonchev–Trinajstić information content (AvgIpc) is 2.65. The molecule has 0 spiro atoms. The number of benzene rings is 1. The van der Waals surface area contributed by atoms with Crippen LogP contribution in [0.2, 0.25) is 0 Å². The zero-order valence-corrected chi connectivity index (χ0v) is 7.74. The summed E-state index contributed by atoms with van der Waals surface area (Å²) in [6.45, 7) is 0. The second-order valence-corrected chi connectivity index (χ2v) is 3.04. The molecule has 0 radical (unpaired) electrons. The Balaban J connectivity index is 2.54. The fraction of sp³-hybridized carbons (Fsp3) is 0. The molecule has 0 fully saturated rings. The van der Waals surface area contributed by atoms with Gasteiger partial charge in [-0.2, -0.15) is 0 Å². The molecule has 1 heterocycles. The lowest BCUT2D eigenvalue weighted by Crippen LogP contribution is -2.10. The Hall–Kier alpha value is -2.10. The van der Waals surface area contributed by atoms with Gasteiger partial charge in [-0.3, -0.25) is 4.79 Å². The number of amides is 1. The van der Waals surface area contributed by atoms with Crippen molar-refractivity contribution < 1.29 is 13.6 Å². The van der Waals surface area contributed by atoms with Gasteiger partial charge in [-0.1, -0.05) is 12.1 Å². The average molecular weight is 205 g/mol. The summed E-state index contributed by atoms with van der Waals surface area (Å²) in [7, 11) is 0. The van der Waals surface area contributed by atoms with E-state index in [-0.39, 0.29) is 11.6 Å². The molecule has 0 saturated carbocycles.